The third kappa shape index (κ3) is 2.74. The van der Waals surface area contributed by atoms with Crippen LogP contribution in [0, 0.1) is 5.92 Å². The van der Waals surface area contributed by atoms with Gasteiger partial charge in [0.25, 0.3) is 5.91 Å². The molecule has 1 aliphatic rings. The summed E-state index contributed by atoms with van der Waals surface area (Å²) in [6, 6.07) is 7.43. The van der Waals surface area contributed by atoms with Gasteiger partial charge in [-0.1, -0.05) is 12.1 Å². The molecular formula is C16H20N4O2. The molecule has 6 nitrogen and oxygen atoms in total. The Hall–Kier alpha value is -2.21. The highest BCUT2D eigenvalue weighted by atomic mass is 16.3. The number of hydrogen-bond acceptors (Lipinski definition) is 4. The zero-order chi connectivity index (χ0) is 15.7. The minimum Gasteiger partial charge on any atom is -0.390 e. The molecule has 1 aromatic carbocycles. The van der Waals surface area contributed by atoms with E-state index >= 15 is 0 Å². The van der Waals surface area contributed by atoms with E-state index in [9.17, 15) is 9.90 Å². The van der Waals surface area contributed by atoms with Crippen molar-refractivity contribution in [2.75, 3.05) is 13.1 Å². The van der Waals surface area contributed by atoms with Gasteiger partial charge in [0.05, 0.1) is 16.9 Å². The van der Waals surface area contributed by atoms with Crippen molar-refractivity contribution in [2.24, 2.45) is 5.92 Å². The maximum Gasteiger partial charge on any atom is 0.255 e. The van der Waals surface area contributed by atoms with Gasteiger partial charge in [-0.25, -0.2) is 0 Å². The van der Waals surface area contributed by atoms with Crippen LogP contribution >= 0.6 is 0 Å². The number of nitrogens with zero attached hydrogens (tertiary/aromatic N) is 4. The molecule has 1 aliphatic heterocycles. The van der Waals surface area contributed by atoms with Gasteiger partial charge in [0.15, 0.2) is 0 Å². The van der Waals surface area contributed by atoms with E-state index in [0.29, 0.717) is 18.7 Å². The fourth-order valence-electron chi connectivity index (χ4n) is 2.90. The maximum atomic E-state index is 12.8. The summed E-state index contributed by atoms with van der Waals surface area (Å²) >= 11 is 0. The summed E-state index contributed by atoms with van der Waals surface area (Å²) in [4.78, 5) is 14.6. The van der Waals surface area contributed by atoms with Crippen molar-refractivity contribution in [2.45, 2.75) is 25.9 Å². The van der Waals surface area contributed by atoms with E-state index in [1.165, 1.54) is 0 Å². The normalized spacial score (nSPS) is 18.7. The largest absolute Gasteiger partial charge is 0.390 e. The highest BCUT2D eigenvalue weighted by Gasteiger charge is 2.36. The first kappa shape index (κ1) is 14.7. The average Bonchev–Trinajstić information content (AvgIpc) is 3.17. The van der Waals surface area contributed by atoms with Crippen LogP contribution in [0.2, 0.25) is 0 Å². The van der Waals surface area contributed by atoms with E-state index in [1.54, 1.807) is 31.1 Å². The van der Waals surface area contributed by atoms with Crippen molar-refractivity contribution in [1.82, 2.24) is 19.7 Å². The van der Waals surface area contributed by atoms with E-state index in [2.05, 4.69) is 10.2 Å². The number of carbonyl (C=O) groups excluding carboxylic acids is 1. The van der Waals surface area contributed by atoms with Crippen LogP contribution in [0.25, 0.3) is 5.69 Å². The SMILES string of the molecule is CC(C)(O)C1CCN(C(=O)c2ccccc2-n2cnnc2)C1. The first-order chi connectivity index (χ1) is 10.5. The second kappa shape index (κ2) is 5.53. The zero-order valence-electron chi connectivity index (χ0n) is 12.8. The van der Waals surface area contributed by atoms with Gasteiger partial charge in [-0.3, -0.25) is 9.36 Å². The quantitative estimate of drug-likeness (QED) is 0.932. The Bertz CT molecular complexity index is 661. The first-order valence-corrected chi connectivity index (χ1v) is 7.42. The molecule has 116 valence electrons. The number of carbonyl (C=O) groups is 1. The summed E-state index contributed by atoms with van der Waals surface area (Å²) in [5.41, 5.74) is 0.630. The van der Waals surface area contributed by atoms with Gasteiger partial charge >= 0.3 is 0 Å². The number of aromatic nitrogens is 3. The van der Waals surface area contributed by atoms with Crippen LogP contribution in [0.1, 0.15) is 30.6 Å². The van der Waals surface area contributed by atoms with E-state index in [0.717, 1.165) is 12.1 Å². The molecule has 0 spiro atoms. The molecule has 2 aromatic rings. The molecule has 0 bridgehead atoms. The van der Waals surface area contributed by atoms with Crippen molar-refractivity contribution < 1.29 is 9.90 Å². The van der Waals surface area contributed by atoms with Gasteiger partial charge < -0.3 is 10.0 Å². The summed E-state index contributed by atoms with van der Waals surface area (Å²) in [5.74, 6) is 0.0922. The second-order valence-electron chi connectivity index (χ2n) is 6.28. The predicted octanol–water partition coefficient (Wildman–Crippen LogP) is 1.50. The van der Waals surface area contributed by atoms with Gasteiger partial charge in [-0.15, -0.1) is 10.2 Å². The van der Waals surface area contributed by atoms with E-state index in [4.69, 9.17) is 0 Å². The lowest BCUT2D eigenvalue weighted by Gasteiger charge is -2.25. The van der Waals surface area contributed by atoms with Crippen LogP contribution in [0.3, 0.4) is 0 Å². The fraction of sp³-hybridized carbons (Fsp3) is 0.438. The Morgan fingerprint density at radius 2 is 1.95 bits per heavy atom. The molecule has 0 radical (unpaired) electrons. The standard InChI is InChI=1S/C16H20N4O2/c1-16(2,22)12-7-8-19(9-12)15(21)13-5-3-4-6-14(13)20-10-17-18-11-20/h3-6,10-12,22H,7-9H2,1-2H3. The molecule has 0 aliphatic carbocycles. The lowest BCUT2D eigenvalue weighted by atomic mass is 9.90. The van der Waals surface area contributed by atoms with Crippen LogP contribution in [-0.2, 0) is 0 Å². The topological polar surface area (TPSA) is 71.2 Å². The van der Waals surface area contributed by atoms with Crippen LogP contribution < -0.4 is 0 Å². The molecular weight excluding hydrogens is 280 g/mol. The third-order valence-corrected chi connectivity index (χ3v) is 4.31. The highest BCUT2D eigenvalue weighted by Crippen LogP contribution is 2.28. The molecule has 2 heterocycles. The number of rotatable bonds is 3. The van der Waals surface area contributed by atoms with Gasteiger partial charge in [0.1, 0.15) is 12.7 Å². The predicted molar refractivity (Wildman–Crippen MR) is 81.7 cm³/mol. The number of para-hydroxylation sites is 1. The molecule has 1 N–H and O–H groups in total. The Morgan fingerprint density at radius 1 is 1.27 bits per heavy atom. The Morgan fingerprint density at radius 3 is 2.59 bits per heavy atom. The van der Waals surface area contributed by atoms with Gasteiger partial charge in [0.2, 0.25) is 0 Å². The Labute approximate surface area is 129 Å². The number of amides is 1. The zero-order valence-corrected chi connectivity index (χ0v) is 12.8. The lowest BCUT2D eigenvalue weighted by molar-refractivity contribution is 0.0211. The Kier molecular flexibility index (Phi) is 3.70. The first-order valence-electron chi connectivity index (χ1n) is 7.42. The lowest BCUT2D eigenvalue weighted by Crippen LogP contribution is -2.35. The minimum absolute atomic E-state index is 0.0175. The van der Waals surface area contributed by atoms with Gasteiger partial charge in [-0.2, -0.15) is 0 Å². The monoisotopic (exact) mass is 300 g/mol. The fourth-order valence-corrected chi connectivity index (χ4v) is 2.90. The number of benzene rings is 1. The molecule has 1 fully saturated rings. The number of likely N-dealkylation sites (tertiary alicyclic amines) is 1. The van der Waals surface area contributed by atoms with Gasteiger partial charge in [0, 0.05) is 19.0 Å². The van der Waals surface area contributed by atoms with Crippen molar-refractivity contribution in [3.8, 4) is 5.69 Å². The molecule has 6 heteroatoms. The van der Waals surface area contributed by atoms with Crippen molar-refractivity contribution in [3.05, 3.63) is 42.5 Å². The summed E-state index contributed by atoms with van der Waals surface area (Å²) in [5, 5.41) is 17.7. The summed E-state index contributed by atoms with van der Waals surface area (Å²) in [7, 11) is 0. The molecule has 22 heavy (non-hydrogen) atoms. The van der Waals surface area contributed by atoms with Gasteiger partial charge in [-0.05, 0) is 32.4 Å². The number of hydrogen-bond donors (Lipinski definition) is 1. The summed E-state index contributed by atoms with van der Waals surface area (Å²) in [6.07, 6.45) is 3.98. The van der Waals surface area contributed by atoms with Crippen molar-refractivity contribution in [1.29, 1.82) is 0 Å². The summed E-state index contributed by atoms with van der Waals surface area (Å²) in [6.45, 7) is 4.86. The minimum atomic E-state index is -0.761. The van der Waals surface area contributed by atoms with Crippen LogP contribution in [-0.4, -0.2) is 49.4 Å². The molecule has 1 atom stereocenters. The smallest absolute Gasteiger partial charge is 0.255 e. The van der Waals surface area contributed by atoms with Crippen LogP contribution in [0.15, 0.2) is 36.9 Å². The van der Waals surface area contributed by atoms with Crippen LogP contribution in [0.5, 0.6) is 0 Å². The van der Waals surface area contributed by atoms with Crippen molar-refractivity contribution in [3.63, 3.8) is 0 Å². The molecule has 1 amide bonds. The Balaban J connectivity index is 1.85. The molecule has 3 rings (SSSR count). The van der Waals surface area contributed by atoms with Crippen molar-refractivity contribution >= 4 is 5.91 Å². The second-order valence-corrected chi connectivity index (χ2v) is 6.28. The highest BCUT2D eigenvalue weighted by molar-refractivity contribution is 5.98. The summed E-state index contributed by atoms with van der Waals surface area (Å²) < 4.78 is 1.73. The van der Waals surface area contributed by atoms with E-state index in [1.807, 2.05) is 29.2 Å². The van der Waals surface area contributed by atoms with Crippen LogP contribution in [0.4, 0.5) is 0 Å². The molecule has 1 aromatic heterocycles. The number of aliphatic hydroxyl groups is 1. The maximum absolute atomic E-state index is 12.8. The molecule has 0 saturated carbocycles. The van der Waals surface area contributed by atoms with E-state index < -0.39 is 5.60 Å². The average molecular weight is 300 g/mol. The third-order valence-electron chi connectivity index (χ3n) is 4.31. The molecule has 1 unspecified atom stereocenters. The van der Waals surface area contributed by atoms with E-state index in [-0.39, 0.29) is 11.8 Å². The molecule has 1 saturated heterocycles.